The second kappa shape index (κ2) is 15.0. The van der Waals surface area contributed by atoms with Crippen LogP contribution in [0.3, 0.4) is 0 Å². The highest BCUT2D eigenvalue weighted by Crippen LogP contribution is 2.25. The molecule has 3 nitrogen and oxygen atoms in total. The van der Waals surface area contributed by atoms with Gasteiger partial charge in [-0.2, -0.15) is 11.8 Å². The van der Waals surface area contributed by atoms with Crippen LogP contribution in [0, 0.1) is 11.8 Å². The first-order chi connectivity index (χ1) is 16.3. The minimum Gasteiger partial charge on any atom is -0.342 e. The van der Waals surface area contributed by atoms with E-state index in [1.54, 1.807) is 0 Å². The lowest BCUT2D eigenvalue weighted by atomic mass is 9.89. The number of rotatable bonds is 11. The number of thioether (sulfide) groups is 1. The molecule has 1 amide bonds. The van der Waals surface area contributed by atoms with Crippen molar-refractivity contribution in [2.24, 2.45) is 11.8 Å². The number of unbranched alkanes of at least 4 members (excludes halogenated alkanes) is 1. The summed E-state index contributed by atoms with van der Waals surface area (Å²) in [6.07, 6.45) is 12.7. The quantitative estimate of drug-likeness (QED) is 0.346. The van der Waals surface area contributed by atoms with Gasteiger partial charge in [-0.05, 0) is 91.3 Å². The molecule has 0 atom stereocenters. The Morgan fingerprint density at radius 3 is 2.50 bits per heavy atom. The third-order valence-corrected chi connectivity index (χ3v) is 8.88. The van der Waals surface area contributed by atoms with Gasteiger partial charge >= 0.3 is 0 Å². The molecule has 34 heavy (non-hydrogen) atoms. The topological polar surface area (TPSA) is 32.3 Å². The molecule has 1 aliphatic carbocycles. The summed E-state index contributed by atoms with van der Waals surface area (Å²) in [6, 6.07) is 14.7. The highest BCUT2D eigenvalue weighted by Gasteiger charge is 2.23. The molecule has 2 aromatic carbocycles. The lowest BCUT2D eigenvalue weighted by molar-refractivity contribution is -0.131. The van der Waals surface area contributed by atoms with Crippen molar-refractivity contribution in [3.05, 3.63) is 48.0 Å². The van der Waals surface area contributed by atoms with Crippen LogP contribution < -0.4 is 5.32 Å². The van der Waals surface area contributed by atoms with Gasteiger partial charge in [-0.25, -0.2) is 0 Å². The summed E-state index contributed by atoms with van der Waals surface area (Å²) in [7, 11) is 0. The summed E-state index contributed by atoms with van der Waals surface area (Å²) >= 11 is 2.13. The fraction of sp³-hybridized carbons (Fsp3) is 0.621. The van der Waals surface area contributed by atoms with Gasteiger partial charge in [0.15, 0.2) is 0 Å². The first kappa shape index (κ1) is 27.4. The Bertz CT molecular complexity index is 857. The van der Waals surface area contributed by atoms with Crippen LogP contribution in [0.2, 0.25) is 0 Å². The van der Waals surface area contributed by atoms with Gasteiger partial charge in [-0.15, -0.1) is 12.4 Å². The summed E-state index contributed by atoms with van der Waals surface area (Å²) < 4.78 is 0. The molecule has 0 unspecified atom stereocenters. The van der Waals surface area contributed by atoms with Crippen LogP contribution >= 0.6 is 24.2 Å². The maximum atomic E-state index is 12.9. The minimum atomic E-state index is 0. The second-order valence-corrected chi connectivity index (χ2v) is 11.3. The van der Waals surface area contributed by atoms with Crippen LogP contribution in [0.4, 0.5) is 0 Å². The third kappa shape index (κ3) is 8.46. The van der Waals surface area contributed by atoms with E-state index in [-0.39, 0.29) is 18.3 Å². The number of nitrogens with zero attached hydrogens (tertiary/aromatic N) is 1. The minimum absolute atomic E-state index is 0. The number of hydrogen-bond donors (Lipinski definition) is 1. The maximum absolute atomic E-state index is 12.9. The Balaban J connectivity index is 0.00000324. The van der Waals surface area contributed by atoms with E-state index in [9.17, 15) is 4.79 Å². The Morgan fingerprint density at radius 1 is 0.912 bits per heavy atom. The zero-order chi connectivity index (χ0) is 22.7. The molecule has 0 radical (unpaired) electrons. The van der Waals surface area contributed by atoms with E-state index in [0.29, 0.717) is 6.42 Å². The highest BCUT2D eigenvalue weighted by molar-refractivity contribution is 7.99. The molecule has 2 aliphatic rings. The van der Waals surface area contributed by atoms with E-state index < -0.39 is 0 Å². The zero-order valence-corrected chi connectivity index (χ0v) is 22.3. The number of piperidine rings is 1. The SMILES string of the molecule is Cl.O=C(Cc1cccc2ccccc12)N1CCC(CSCCCCNCC2CCCCC2)CC1. The zero-order valence-electron chi connectivity index (χ0n) is 20.7. The van der Waals surface area contributed by atoms with Crippen LogP contribution in [0.15, 0.2) is 42.5 Å². The van der Waals surface area contributed by atoms with Gasteiger partial charge in [0.25, 0.3) is 0 Å². The van der Waals surface area contributed by atoms with Gasteiger partial charge in [0.05, 0.1) is 6.42 Å². The molecule has 1 aliphatic heterocycles. The fourth-order valence-corrected chi connectivity index (χ4v) is 6.71. The van der Waals surface area contributed by atoms with Crippen molar-refractivity contribution in [3.63, 3.8) is 0 Å². The van der Waals surface area contributed by atoms with Crippen LogP contribution in [0.1, 0.15) is 63.4 Å². The maximum Gasteiger partial charge on any atom is 0.227 e. The van der Waals surface area contributed by atoms with Crippen molar-refractivity contribution in [1.82, 2.24) is 10.2 Å². The Hall–Kier alpha value is -1.23. The molecule has 0 aromatic heterocycles. The number of nitrogens with one attached hydrogen (secondary N) is 1. The molecule has 4 rings (SSSR count). The van der Waals surface area contributed by atoms with E-state index in [1.165, 1.54) is 80.3 Å². The van der Waals surface area contributed by atoms with Crippen molar-refractivity contribution >= 4 is 40.8 Å². The molecule has 2 aromatic rings. The van der Waals surface area contributed by atoms with Crippen molar-refractivity contribution in [2.75, 3.05) is 37.7 Å². The van der Waals surface area contributed by atoms with Crippen LogP contribution in [-0.4, -0.2) is 48.5 Å². The first-order valence-electron chi connectivity index (χ1n) is 13.3. The number of amides is 1. The summed E-state index contributed by atoms with van der Waals surface area (Å²) in [6.45, 7) is 4.29. The van der Waals surface area contributed by atoms with Crippen molar-refractivity contribution in [1.29, 1.82) is 0 Å². The van der Waals surface area contributed by atoms with Gasteiger partial charge < -0.3 is 10.2 Å². The van der Waals surface area contributed by atoms with Crippen molar-refractivity contribution in [2.45, 2.75) is 64.2 Å². The lowest BCUT2D eigenvalue weighted by Gasteiger charge is -2.32. The predicted molar refractivity (Wildman–Crippen MR) is 150 cm³/mol. The molecule has 2 fully saturated rings. The molecular weight excluding hydrogens is 460 g/mol. The molecule has 1 heterocycles. The van der Waals surface area contributed by atoms with Gasteiger partial charge in [-0.1, -0.05) is 61.7 Å². The van der Waals surface area contributed by atoms with E-state index in [4.69, 9.17) is 0 Å². The van der Waals surface area contributed by atoms with Crippen LogP contribution in [0.5, 0.6) is 0 Å². The van der Waals surface area contributed by atoms with Gasteiger partial charge in [0.2, 0.25) is 5.91 Å². The fourth-order valence-electron chi connectivity index (χ4n) is 5.47. The molecule has 0 spiro atoms. The van der Waals surface area contributed by atoms with Gasteiger partial charge in [0, 0.05) is 13.1 Å². The first-order valence-corrected chi connectivity index (χ1v) is 14.5. The molecule has 1 N–H and O–H groups in total. The lowest BCUT2D eigenvalue weighted by Crippen LogP contribution is -2.39. The monoisotopic (exact) mass is 502 g/mol. The largest absolute Gasteiger partial charge is 0.342 e. The van der Waals surface area contributed by atoms with E-state index >= 15 is 0 Å². The average molecular weight is 503 g/mol. The second-order valence-electron chi connectivity index (χ2n) is 10.1. The number of benzene rings is 2. The number of fused-ring (bicyclic) bond motifs is 1. The summed E-state index contributed by atoms with van der Waals surface area (Å²) in [4.78, 5) is 15.0. The Kier molecular flexibility index (Phi) is 12.1. The van der Waals surface area contributed by atoms with Gasteiger partial charge in [0.1, 0.15) is 0 Å². The van der Waals surface area contributed by atoms with Crippen molar-refractivity contribution < 1.29 is 4.79 Å². The average Bonchev–Trinajstić information content (AvgIpc) is 2.87. The smallest absolute Gasteiger partial charge is 0.227 e. The van der Waals surface area contributed by atoms with E-state index in [0.717, 1.165) is 43.3 Å². The number of halogens is 1. The van der Waals surface area contributed by atoms with Crippen molar-refractivity contribution in [3.8, 4) is 0 Å². The van der Waals surface area contributed by atoms with E-state index in [2.05, 4.69) is 64.4 Å². The van der Waals surface area contributed by atoms with Crippen LogP contribution in [-0.2, 0) is 11.2 Å². The van der Waals surface area contributed by atoms with E-state index in [1.807, 2.05) is 0 Å². The summed E-state index contributed by atoms with van der Waals surface area (Å²) in [5, 5.41) is 6.12. The standard InChI is InChI=1S/C29H42N2OS.ClH/c32-29(21-27-13-8-12-26-11-4-5-14-28(26)27)31-18-15-25(16-19-31)23-33-20-7-6-17-30-22-24-9-2-1-3-10-24;/h4-5,8,11-14,24-25,30H,1-3,6-7,9-10,15-23H2;1H. The predicted octanol–water partition coefficient (Wildman–Crippen LogP) is 6.73. The molecule has 1 saturated heterocycles. The number of carbonyl (C=O) groups excluding carboxylic acids is 1. The third-order valence-electron chi connectivity index (χ3n) is 7.59. The normalized spacial score (nSPS) is 17.6. The summed E-state index contributed by atoms with van der Waals surface area (Å²) in [5.74, 6) is 4.56. The van der Waals surface area contributed by atoms with Crippen LogP contribution in [0.25, 0.3) is 10.8 Å². The molecule has 5 heteroatoms. The summed E-state index contributed by atoms with van der Waals surface area (Å²) in [5.41, 5.74) is 1.16. The van der Waals surface area contributed by atoms with Gasteiger partial charge in [-0.3, -0.25) is 4.79 Å². The Morgan fingerprint density at radius 2 is 1.68 bits per heavy atom. The number of likely N-dealkylation sites (tertiary alicyclic amines) is 1. The number of hydrogen-bond acceptors (Lipinski definition) is 3. The Labute approximate surface area is 217 Å². The molecule has 1 saturated carbocycles. The highest BCUT2D eigenvalue weighted by atomic mass is 35.5. The molecular formula is C29H43ClN2OS. The molecule has 0 bridgehead atoms. The number of carbonyl (C=O) groups is 1. The molecule has 188 valence electrons.